The predicted octanol–water partition coefficient (Wildman–Crippen LogP) is 3.38. The van der Waals surface area contributed by atoms with Crippen LogP contribution in [0.15, 0.2) is 25.3 Å². The van der Waals surface area contributed by atoms with E-state index < -0.39 is 68.5 Å². The molecule has 0 aliphatic heterocycles. The first-order valence-corrected chi connectivity index (χ1v) is 7.34. The van der Waals surface area contributed by atoms with Crippen LogP contribution in [0.25, 0.3) is 33.5 Å². The van der Waals surface area contributed by atoms with Crippen molar-refractivity contribution < 1.29 is 26.3 Å². The zero-order valence-corrected chi connectivity index (χ0v) is 13.3. The first kappa shape index (κ1) is 17.7. The first-order valence-electron chi connectivity index (χ1n) is 7.34. The second-order valence-electron chi connectivity index (χ2n) is 5.31. The van der Waals surface area contributed by atoms with Crippen molar-refractivity contribution in [2.75, 3.05) is 0 Å². The summed E-state index contributed by atoms with van der Waals surface area (Å²) in [6.07, 6.45) is 3.41. The van der Waals surface area contributed by atoms with E-state index in [0.717, 1.165) is 25.3 Å². The Morgan fingerprint density at radius 1 is 0.429 bits per heavy atom. The fraction of sp³-hybridized carbons (Fsp3) is 0. The molecule has 12 heteroatoms. The van der Waals surface area contributed by atoms with E-state index in [1.807, 2.05) is 0 Å². The van der Waals surface area contributed by atoms with E-state index >= 15 is 0 Å². The highest BCUT2D eigenvalue weighted by molar-refractivity contribution is 5.92. The summed E-state index contributed by atoms with van der Waals surface area (Å²) in [5.74, 6) is -12.6. The molecular weight excluding hydrogens is 390 g/mol. The number of halogens is 6. The number of rotatable bonds is 2. The molecule has 0 bridgehead atoms. The van der Waals surface area contributed by atoms with Crippen molar-refractivity contribution in [3.63, 3.8) is 0 Å². The third kappa shape index (κ3) is 2.45. The summed E-state index contributed by atoms with van der Waals surface area (Å²) >= 11 is 0. The lowest BCUT2D eigenvalue weighted by Gasteiger charge is -2.13. The highest BCUT2D eigenvalue weighted by Gasteiger charge is 2.32. The molecule has 28 heavy (non-hydrogen) atoms. The molecule has 2 heterocycles. The van der Waals surface area contributed by atoms with Crippen LogP contribution in [0.5, 0.6) is 0 Å². The highest BCUT2D eigenvalue weighted by atomic mass is 19.2. The van der Waals surface area contributed by atoms with Crippen molar-refractivity contribution in [1.29, 1.82) is 0 Å². The van der Waals surface area contributed by atoms with E-state index in [4.69, 9.17) is 0 Å². The third-order valence-corrected chi connectivity index (χ3v) is 3.83. The van der Waals surface area contributed by atoms with Crippen molar-refractivity contribution in [2.45, 2.75) is 0 Å². The average Bonchev–Trinajstić information content (AvgIpc) is 2.71. The molecule has 2 aromatic heterocycles. The Kier molecular flexibility index (Phi) is 4.09. The van der Waals surface area contributed by atoms with Gasteiger partial charge in [-0.25, -0.2) is 56.2 Å². The SMILES string of the molecule is Fc1c(-c2ncncn2)c(F)c2c(F)c(F)c(-c3ncncn3)c(F)c2c1F. The van der Waals surface area contributed by atoms with Gasteiger partial charge in [0, 0.05) is 0 Å². The molecule has 4 rings (SSSR count). The smallest absolute Gasteiger partial charge is 0.173 e. The Hall–Kier alpha value is -3.70. The molecule has 6 nitrogen and oxygen atoms in total. The molecule has 0 amide bonds. The van der Waals surface area contributed by atoms with Gasteiger partial charge in [0.25, 0.3) is 0 Å². The predicted molar refractivity (Wildman–Crippen MR) is 81.3 cm³/mol. The second-order valence-corrected chi connectivity index (χ2v) is 5.31. The van der Waals surface area contributed by atoms with Crippen molar-refractivity contribution in [1.82, 2.24) is 29.9 Å². The van der Waals surface area contributed by atoms with E-state index in [1.54, 1.807) is 0 Å². The quantitative estimate of drug-likeness (QED) is 0.383. The van der Waals surface area contributed by atoms with Gasteiger partial charge in [-0.1, -0.05) is 0 Å². The van der Waals surface area contributed by atoms with Gasteiger partial charge in [0.1, 0.15) is 36.9 Å². The van der Waals surface area contributed by atoms with Gasteiger partial charge < -0.3 is 0 Å². The van der Waals surface area contributed by atoms with Gasteiger partial charge in [0.2, 0.25) is 0 Å². The molecule has 0 saturated heterocycles. The molecule has 140 valence electrons. The largest absolute Gasteiger partial charge is 0.225 e. The molecule has 0 aliphatic carbocycles. The third-order valence-electron chi connectivity index (χ3n) is 3.83. The van der Waals surface area contributed by atoms with Gasteiger partial charge in [0.05, 0.1) is 21.9 Å². The van der Waals surface area contributed by atoms with Gasteiger partial charge in [-0.15, -0.1) is 0 Å². The lowest BCUT2D eigenvalue weighted by atomic mass is 9.99. The topological polar surface area (TPSA) is 77.3 Å². The summed E-state index contributed by atoms with van der Waals surface area (Å²) in [7, 11) is 0. The summed E-state index contributed by atoms with van der Waals surface area (Å²) in [4.78, 5) is 20.7. The molecule has 0 radical (unpaired) electrons. The maximum absolute atomic E-state index is 14.8. The van der Waals surface area contributed by atoms with E-state index in [2.05, 4.69) is 29.9 Å². The van der Waals surface area contributed by atoms with E-state index in [9.17, 15) is 26.3 Å². The second kappa shape index (κ2) is 6.48. The van der Waals surface area contributed by atoms with Gasteiger partial charge in [-0.2, -0.15) is 0 Å². The fourth-order valence-corrected chi connectivity index (χ4v) is 2.64. The summed E-state index contributed by atoms with van der Waals surface area (Å²) in [6.45, 7) is 0. The molecular formula is C16H4F6N6. The van der Waals surface area contributed by atoms with Crippen LogP contribution in [0.2, 0.25) is 0 Å². The van der Waals surface area contributed by atoms with Crippen molar-refractivity contribution in [3.8, 4) is 22.8 Å². The fourth-order valence-electron chi connectivity index (χ4n) is 2.64. The number of fused-ring (bicyclic) bond motifs is 1. The molecule has 0 unspecified atom stereocenters. The molecule has 0 N–H and O–H groups in total. The van der Waals surface area contributed by atoms with Crippen molar-refractivity contribution >= 4 is 10.8 Å². The Morgan fingerprint density at radius 3 is 1.07 bits per heavy atom. The van der Waals surface area contributed by atoms with Crippen LogP contribution in [-0.4, -0.2) is 29.9 Å². The maximum atomic E-state index is 14.8. The van der Waals surface area contributed by atoms with Crippen LogP contribution < -0.4 is 0 Å². The van der Waals surface area contributed by atoms with E-state index in [1.165, 1.54) is 0 Å². The van der Waals surface area contributed by atoms with E-state index in [-0.39, 0.29) is 0 Å². The van der Waals surface area contributed by atoms with E-state index in [0.29, 0.717) is 0 Å². The first-order chi connectivity index (χ1) is 13.4. The summed E-state index contributed by atoms with van der Waals surface area (Å²) in [5.41, 5.74) is -2.39. The van der Waals surface area contributed by atoms with Gasteiger partial charge in [-0.3, -0.25) is 0 Å². The number of benzene rings is 2. The summed E-state index contributed by atoms with van der Waals surface area (Å²) in [6, 6.07) is 0. The molecule has 0 atom stereocenters. The molecule has 0 spiro atoms. The molecule has 0 saturated carbocycles. The van der Waals surface area contributed by atoms with Crippen LogP contribution in [0, 0.1) is 34.9 Å². The maximum Gasteiger partial charge on any atom is 0.173 e. The van der Waals surface area contributed by atoms with Crippen LogP contribution >= 0.6 is 0 Å². The molecule has 2 aromatic carbocycles. The minimum absolute atomic E-state index is 0.687. The lowest BCUT2D eigenvalue weighted by molar-refractivity contribution is 0.485. The standard InChI is InChI=1S/C16H4F6N6/c17-9-5-6(11(19)13(21)7(9)15-25-1-23-2-26-15)10(18)8(14(22)12(5)20)16-27-3-24-4-28-16/h1-4H. The van der Waals surface area contributed by atoms with Gasteiger partial charge in [-0.05, 0) is 0 Å². The Bertz CT molecular complexity index is 1120. The van der Waals surface area contributed by atoms with Crippen molar-refractivity contribution in [3.05, 3.63) is 60.2 Å². The Labute approximate surface area is 151 Å². The van der Waals surface area contributed by atoms with Crippen LogP contribution in [0.4, 0.5) is 26.3 Å². The minimum atomic E-state index is -1.96. The molecule has 4 aromatic rings. The van der Waals surface area contributed by atoms with Gasteiger partial charge in [0.15, 0.2) is 34.9 Å². The van der Waals surface area contributed by atoms with Crippen LogP contribution in [0.3, 0.4) is 0 Å². The normalized spacial score (nSPS) is 11.2. The summed E-state index contributed by atoms with van der Waals surface area (Å²) in [5, 5.41) is -2.88. The molecule has 0 aliphatic rings. The number of hydrogen-bond acceptors (Lipinski definition) is 6. The molecule has 0 fully saturated rings. The number of nitrogens with zero attached hydrogens (tertiary/aromatic N) is 6. The Balaban J connectivity index is 2.17. The Morgan fingerprint density at radius 2 is 0.750 bits per heavy atom. The zero-order chi connectivity index (χ0) is 20.0. The lowest BCUT2D eigenvalue weighted by Crippen LogP contribution is -2.07. The van der Waals surface area contributed by atoms with Crippen LogP contribution in [0.1, 0.15) is 0 Å². The highest BCUT2D eigenvalue weighted by Crippen LogP contribution is 2.39. The van der Waals surface area contributed by atoms with Crippen LogP contribution in [-0.2, 0) is 0 Å². The number of aromatic nitrogens is 6. The number of hydrogen-bond donors (Lipinski definition) is 0. The van der Waals surface area contributed by atoms with Crippen molar-refractivity contribution in [2.24, 2.45) is 0 Å². The summed E-state index contributed by atoms with van der Waals surface area (Å²) < 4.78 is 87.8. The van der Waals surface area contributed by atoms with Gasteiger partial charge >= 0.3 is 0 Å². The zero-order valence-electron chi connectivity index (χ0n) is 13.3. The average molecular weight is 394 g/mol. The monoisotopic (exact) mass is 394 g/mol. The minimum Gasteiger partial charge on any atom is -0.225 e.